The number of benzene rings is 1. The second-order valence-electron chi connectivity index (χ2n) is 5.18. The van der Waals surface area contributed by atoms with Crippen LogP contribution in [0.5, 0.6) is 0 Å². The number of carboxylic acid groups (broad SMARTS) is 1. The van der Waals surface area contributed by atoms with Gasteiger partial charge >= 0.3 is 12.1 Å². The van der Waals surface area contributed by atoms with E-state index < -0.39 is 50.9 Å². The van der Waals surface area contributed by atoms with Crippen molar-refractivity contribution in [2.24, 2.45) is 5.92 Å². The highest BCUT2D eigenvalue weighted by Gasteiger charge is 2.41. The first kappa shape index (κ1) is 17.7. The molecule has 0 bridgehead atoms. The van der Waals surface area contributed by atoms with E-state index in [0.717, 1.165) is 0 Å². The first-order valence-corrected chi connectivity index (χ1v) is 8.07. The van der Waals surface area contributed by atoms with E-state index in [1.54, 1.807) is 0 Å². The van der Waals surface area contributed by atoms with Gasteiger partial charge in [0.1, 0.15) is 5.82 Å². The summed E-state index contributed by atoms with van der Waals surface area (Å²) in [5.74, 6) is -3.34. The van der Waals surface area contributed by atoms with Crippen LogP contribution in [-0.4, -0.2) is 36.9 Å². The molecule has 5 nitrogen and oxygen atoms in total. The molecule has 1 aromatic carbocycles. The van der Waals surface area contributed by atoms with E-state index in [0.29, 0.717) is 22.5 Å². The van der Waals surface area contributed by atoms with Crippen molar-refractivity contribution in [3.63, 3.8) is 0 Å². The van der Waals surface area contributed by atoms with Gasteiger partial charge in [0.25, 0.3) is 0 Å². The van der Waals surface area contributed by atoms with Gasteiger partial charge in [-0.25, -0.2) is 12.8 Å². The summed E-state index contributed by atoms with van der Waals surface area (Å²) in [5, 5.41) is 8.96. The zero-order chi connectivity index (χ0) is 17.4. The topological polar surface area (TPSA) is 74.7 Å². The van der Waals surface area contributed by atoms with Crippen molar-refractivity contribution in [2.75, 3.05) is 13.1 Å². The Hall–Kier alpha value is -1.68. The van der Waals surface area contributed by atoms with Crippen molar-refractivity contribution < 1.29 is 35.9 Å². The lowest BCUT2D eigenvalue weighted by Crippen LogP contribution is -2.42. The number of hydrogen-bond donors (Lipinski definition) is 1. The minimum absolute atomic E-state index is 0.111. The fourth-order valence-electron chi connectivity index (χ4n) is 2.45. The molecular weight excluding hydrogens is 342 g/mol. The summed E-state index contributed by atoms with van der Waals surface area (Å²) in [6.45, 7) is -0.550. The van der Waals surface area contributed by atoms with Crippen LogP contribution in [0.25, 0.3) is 0 Å². The molecule has 0 radical (unpaired) electrons. The monoisotopic (exact) mass is 355 g/mol. The van der Waals surface area contributed by atoms with Crippen molar-refractivity contribution in [3.8, 4) is 0 Å². The number of nitrogens with zero attached hydrogens (tertiary/aromatic N) is 1. The molecule has 1 atom stereocenters. The molecule has 128 valence electrons. The first-order chi connectivity index (χ1) is 10.5. The van der Waals surface area contributed by atoms with E-state index in [1.807, 2.05) is 0 Å². The number of aliphatic carboxylic acids is 1. The van der Waals surface area contributed by atoms with Crippen LogP contribution < -0.4 is 0 Å². The number of alkyl halides is 3. The Kier molecular flexibility index (Phi) is 4.67. The summed E-state index contributed by atoms with van der Waals surface area (Å²) in [4.78, 5) is 9.78. The minimum Gasteiger partial charge on any atom is -0.481 e. The third-order valence-corrected chi connectivity index (χ3v) is 5.51. The molecule has 0 saturated carbocycles. The van der Waals surface area contributed by atoms with Crippen LogP contribution in [0.3, 0.4) is 0 Å². The molecule has 1 N–H and O–H groups in total. The van der Waals surface area contributed by atoms with Crippen LogP contribution in [-0.2, 0) is 21.0 Å². The van der Waals surface area contributed by atoms with Crippen LogP contribution in [0.1, 0.15) is 18.4 Å². The molecule has 2 rings (SSSR count). The molecular formula is C13H13F4NO4S. The summed E-state index contributed by atoms with van der Waals surface area (Å²) < 4.78 is 77.8. The number of halogens is 4. The molecule has 0 aromatic heterocycles. The summed E-state index contributed by atoms with van der Waals surface area (Å²) >= 11 is 0. The molecule has 1 aliphatic rings. The van der Waals surface area contributed by atoms with Crippen molar-refractivity contribution in [1.29, 1.82) is 0 Å². The van der Waals surface area contributed by atoms with E-state index in [1.165, 1.54) is 0 Å². The Labute approximate surface area is 129 Å². The molecule has 1 aliphatic heterocycles. The van der Waals surface area contributed by atoms with Gasteiger partial charge in [-0.15, -0.1) is 0 Å². The third-order valence-electron chi connectivity index (χ3n) is 3.60. The van der Waals surface area contributed by atoms with Crippen LogP contribution in [0.2, 0.25) is 0 Å². The van der Waals surface area contributed by atoms with E-state index >= 15 is 0 Å². The van der Waals surface area contributed by atoms with Gasteiger partial charge in [-0.2, -0.15) is 17.5 Å². The number of carbonyl (C=O) groups is 1. The molecule has 0 spiro atoms. The zero-order valence-corrected chi connectivity index (χ0v) is 12.5. The van der Waals surface area contributed by atoms with Crippen LogP contribution in [0.15, 0.2) is 23.1 Å². The molecule has 0 amide bonds. The Morgan fingerprint density at radius 2 is 1.96 bits per heavy atom. The normalized spacial score (nSPS) is 20.4. The average molecular weight is 355 g/mol. The maximum Gasteiger partial charge on any atom is 0.417 e. The Bertz CT molecular complexity index is 717. The summed E-state index contributed by atoms with van der Waals surface area (Å²) in [5.41, 5.74) is -1.48. The van der Waals surface area contributed by atoms with Crippen molar-refractivity contribution in [3.05, 3.63) is 29.6 Å². The minimum atomic E-state index is -4.97. The SMILES string of the molecule is O=C(O)[C@@H]1CCCN(S(=O)(=O)c2cc(F)ccc2C(F)(F)F)C1. The molecule has 1 saturated heterocycles. The van der Waals surface area contributed by atoms with Gasteiger partial charge in [-0.05, 0) is 31.0 Å². The van der Waals surface area contributed by atoms with Gasteiger partial charge in [0.15, 0.2) is 0 Å². The summed E-state index contributed by atoms with van der Waals surface area (Å²) in [7, 11) is -4.65. The number of rotatable bonds is 3. The smallest absolute Gasteiger partial charge is 0.417 e. The molecule has 23 heavy (non-hydrogen) atoms. The van der Waals surface area contributed by atoms with Gasteiger partial charge in [0.2, 0.25) is 10.0 Å². The fraction of sp³-hybridized carbons (Fsp3) is 0.462. The lowest BCUT2D eigenvalue weighted by molar-refractivity contribution is -0.143. The summed E-state index contributed by atoms with van der Waals surface area (Å²) in [6.07, 6.45) is -4.54. The third kappa shape index (κ3) is 3.63. The zero-order valence-electron chi connectivity index (χ0n) is 11.7. The maximum atomic E-state index is 13.3. The molecule has 1 heterocycles. The Morgan fingerprint density at radius 1 is 1.30 bits per heavy atom. The van der Waals surface area contributed by atoms with Crippen LogP contribution in [0, 0.1) is 11.7 Å². The predicted molar refractivity (Wildman–Crippen MR) is 70.5 cm³/mol. The van der Waals surface area contributed by atoms with Crippen molar-refractivity contribution in [2.45, 2.75) is 23.9 Å². The number of hydrogen-bond acceptors (Lipinski definition) is 3. The van der Waals surface area contributed by atoms with Crippen molar-refractivity contribution >= 4 is 16.0 Å². The largest absolute Gasteiger partial charge is 0.481 e. The van der Waals surface area contributed by atoms with Gasteiger partial charge in [0.05, 0.1) is 16.4 Å². The van der Waals surface area contributed by atoms with E-state index in [4.69, 9.17) is 5.11 Å². The molecule has 1 aromatic rings. The summed E-state index contributed by atoms with van der Waals surface area (Å²) in [6, 6.07) is 1.20. The second-order valence-corrected chi connectivity index (χ2v) is 7.09. The lowest BCUT2D eigenvalue weighted by atomic mass is 10.0. The number of sulfonamides is 1. The fourth-order valence-corrected chi connectivity index (χ4v) is 4.19. The maximum absolute atomic E-state index is 13.3. The number of piperidine rings is 1. The Morgan fingerprint density at radius 3 is 2.52 bits per heavy atom. The van der Waals surface area contributed by atoms with E-state index in [9.17, 15) is 30.8 Å². The van der Waals surface area contributed by atoms with E-state index in [-0.39, 0.29) is 19.4 Å². The first-order valence-electron chi connectivity index (χ1n) is 6.63. The highest BCUT2D eigenvalue weighted by molar-refractivity contribution is 7.89. The van der Waals surface area contributed by atoms with Crippen LogP contribution >= 0.6 is 0 Å². The molecule has 10 heteroatoms. The van der Waals surface area contributed by atoms with Crippen LogP contribution in [0.4, 0.5) is 17.6 Å². The predicted octanol–water partition coefficient (Wildman–Crippen LogP) is 2.33. The second kappa shape index (κ2) is 6.08. The van der Waals surface area contributed by atoms with Gasteiger partial charge < -0.3 is 5.11 Å². The molecule has 0 aliphatic carbocycles. The lowest BCUT2D eigenvalue weighted by Gasteiger charge is -2.30. The van der Waals surface area contributed by atoms with Gasteiger partial charge in [-0.3, -0.25) is 4.79 Å². The van der Waals surface area contributed by atoms with Gasteiger partial charge in [0, 0.05) is 13.1 Å². The van der Waals surface area contributed by atoms with E-state index in [2.05, 4.69) is 0 Å². The highest BCUT2D eigenvalue weighted by atomic mass is 32.2. The average Bonchev–Trinajstić information content (AvgIpc) is 2.46. The molecule has 1 fully saturated rings. The quantitative estimate of drug-likeness (QED) is 0.845. The van der Waals surface area contributed by atoms with Gasteiger partial charge in [-0.1, -0.05) is 0 Å². The Balaban J connectivity index is 2.48. The number of carboxylic acids is 1. The highest BCUT2D eigenvalue weighted by Crippen LogP contribution is 2.36. The molecule has 0 unspecified atom stereocenters. The standard InChI is InChI=1S/C13H13F4NO4S/c14-9-3-4-10(13(15,16)17)11(6-9)23(21,22)18-5-1-2-8(7-18)12(19)20/h3-4,6,8H,1-2,5,7H2,(H,19,20)/t8-/m1/s1. The van der Waals surface area contributed by atoms with Crippen molar-refractivity contribution in [1.82, 2.24) is 4.31 Å².